The molecular formula is C9H12N4O3. The third-order valence-corrected chi connectivity index (χ3v) is 2.54. The maximum absolute atomic E-state index is 10.8. The molecule has 0 radical (unpaired) electrons. The maximum Gasteiger partial charge on any atom is 0.407 e. The van der Waals surface area contributed by atoms with Gasteiger partial charge in [0.1, 0.15) is 0 Å². The van der Waals surface area contributed by atoms with Crippen LogP contribution in [-0.4, -0.2) is 30.6 Å². The predicted molar refractivity (Wildman–Crippen MR) is 56.4 cm³/mol. The molecule has 2 aromatic heterocycles. The summed E-state index contributed by atoms with van der Waals surface area (Å²) in [6.45, 7) is 3.81. The fourth-order valence-electron chi connectivity index (χ4n) is 1.85. The number of aromatic nitrogens is 3. The van der Waals surface area contributed by atoms with Crippen molar-refractivity contribution in [1.29, 1.82) is 0 Å². The molecule has 0 saturated heterocycles. The first kappa shape index (κ1) is 10.6. The van der Waals surface area contributed by atoms with E-state index in [2.05, 4.69) is 4.98 Å². The molecule has 0 bridgehead atoms. The molecule has 0 fully saturated rings. The van der Waals surface area contributed by atoms with Gasteiger partial charge in [0, 0.05) is 25.4 Å². The van der Waals surface area contributed by atoms with Gasteiger partial charge < -0.3 is 19.8 Å². The van der Waals surface area contributed by atoms with Crippen LogP contribution < -0.4 is 0 Å². The first-order valence-electron chi connectivity index (χ1n) is 4.86. The van der Waals surface area contributed by atoms with Crippen LogP contribution in [0.25, 0.3) is 5.65 Å². The Labute approximate surface area is 91.1 Å². The average Bonchev–Trinajstić information content (AvgIpc) is 2.68. The van der Waals surface area contributed by atoms with Gasteiger partial charge >= 0.3 is 5.82 Å². The van der Waals surface area contributed by atoms with E-state index in [-0.39, 0.29) is 12.4 Å². The molecule has 2 heterocycles. The summed E-state index contributed by atoms with van der Waals surface area (Å²) in [7, 11) is 0. The highest BCUT2D eigenvalue weighted by Gasteiger charge is 2.24. The second-order valence-electron chi connectivity index (χ2n) is 3.58. The van der Waals surface area contributed by atoms with Crippen LogP contribution in [0.4, 0.5) is 5.82 Å². The van der Waals surface area contributed by atoms with Gasteiger partial charge in [-0.2, -0.15) is 0 Å². The number of hydrogen-bond donors (Lipinski definition) is 1. The van der Waals surface area contributed by atoms with E-state index in [0.29, 0.717) is 18.0 Å². The lowest BCUT2D eigenvalue weighted by molar-refractivity contribution is -0.387. The van der Waals surface area contributed by atoms with Crippen molar-refractivity contribution >= 4 is 11.5 Å². The summed E-state index contributed by atoms with van der Waals surface area (Å²) in [6, 6.07) is 0. The van der Waals surface area contributed by atoms with Crippen LogP contribution in [0.15, 0.2) is 6.20 Å². The first-order chi connectivity index (χ1) is 7.56. The lowest BCUT2D eigenvalue weighted by Gasteiger charge is -2.02. The molecule has 0 spiro atoms. The van der Waals surface area contributed by atoms with Crippen molar-refractivity contribution in [3.05, 3.63) is 27.8 Å². The summed E-state index contributed by atoms with van der Waals surface area (Å²) in [5.41, 5.74) is 1.28. The van der Waals surface area contributed by atoms with E-state index < -0.39 is 4.92 Å². The fourth-order valence-corrected chi connectivity index (χ4v) is 1.85. The Morgan fingerprint density at radius 2 is 2.25 bits per heavy atom. The zero-order valence-corrected chi connectivity index (χ0v) is 9.04. The minimum absolute atomic E-state index is 0.0629. The summed E-state index contributed by atoms with van der Waals surface area (Å²) in [5, 5.41) is 19.8. The van der Waals surface area contributed by atoms with Crippen molar-refractivity contribution in [1.82, 2.24) is 14.0 Å². The van der Waals surface area contributed by atoms with Gasteiger partial charge in [-0.1, -0.05) is 0 Å². The first-order valence-corrected chi connectivity index (χ1v) is 4.86. The van der Waals surface area contributed by atoms with Gasteiger partial charge in [-0.05, 0) is 16.8 Å². The minimum Gasteiger partial charge on any atom is -0.395 e. The maximum atomic E-state index is 10.8. The topological polar surface area (TPSA) is 85.6 Å². The van der Waals surface area contributed by atoms with Crippen LogP contribution in [-0.2, 0) is 6.54 Å². The molecule has 86 valence electrons. The van der Waals surface area contributed by atoms with E-state index in [9.17, 15) is 10.1 Å². The second kappa shape index (κ2) is 3.60. The Kier molecular flexibility index (Phi) is 2.39. The number of imidazole rings is 2. The van der Waals surface area contributed by atoms with Crippen molar-refractivity contribution in [3.63, 3.8) is 0 Å². The normalized spacial score (nSPS) is 11.2. The average molecular weight is 224 g/mol. The Morgan fingerprint density at radius 3 is 2.81 bits per heavy atom. The van der Waals surface area contributed by atoms with Crippen LogP contribution in [0.5, 0.6) is 0 Å². The van der Waals surface area contributed by atoms with Gasteiger partial charge in [0.2, 0.25) is 11.5 Å². The highest BCUT2D eigenvalue weighted by molar-refractivity contribution is 5.58. The number of nitro groups is 1. The van der Waals surface area contributed by atoms with Crippen LogP contribution in [0.3, 0.4) is 0 Å². The molecule has 2 rings (SSSR count). The van der Waals surface area contributed by atoms with Crippen LogP contribution in [0.1, 0.15) is 11.5 Å². The van der Waals surface area contributed by atoms with Crippen molar-refractivity contribution in [2.75, 3.05) is 6.61 Å². The lowest BCUT2D eigenvalue weighted by atomic mass is 10.5. The zero-order valence-electron chi connectivity index (χ0n) is 9.04. The van der Waals surface area contributed by atoms with E-state index in [0.717, 1.165) is 5.69 Å². The molecule has 16 heavy (non-hydrogen) atoms. The van der Waals surface area contributed by atoms with Gasteiger partial charge in [-0.15, -0.1) is 0 Å². The predicted octanol–water partition coefficient (Wildman–Crippen LogP) is 0.653. The monoisotopic (exact) mass is 224 g/mol. The van der Waals surface area contributed by atoms with Gasteiger partial charge in [0.25, 0.3) is 0 Å². The molecule has 0 aliphatic heterocycles. The van der Waals surface area contributed by atoms with Crippen molar-refractivity contribution in [3.8, 4) is 0 Å². The SMILES string of the molecule is Cc1cn2c(C)nc([N+](=O)[O-])c2n1CCO. The zero-order chi connectivity index (χ0) is 11.9. The quantitative estimate of drug-likeness (QED) is 0.612. The van der Waals surface area contributed by atoms with E-state index in [4.69, 9.17) is 5.11 Å². The Hall–Kier alpha value is -1.89. The smallest absolute Gasteiger partial charge is 0.395 e. The number of fused-ring (bicyclic) bond motifs is 1. The molecule has 7 heteroatoms. The number of aryl methyl sites for hydroxylation is 2. The highest BCUT2D eigenvalue weighted by atomic mass is 16.6. The van der Waals surface area contributed by atoms with Crippen LogP contribution >= 0.6 is 0 Å². The highest BCUT2D eigenvalue weighted by Crippen LogP contribution is 2.23. The second-order valence-corrected chi connectivity index (χ2v) is 3.58. The van der Waals surface area contributed by atoms with Gasteiger partial charge in [-0.25, -0.2) is 0 Å². The standard InChI is InChI=1S/C9H12N4O3/c1-6-5-12-7(2)10-8(13(15)16)9(12)11(6)3-4-14/h5,14H,3-4H2,1-2H3. The van der Waals surface area contributed by atoms with E-state index in [1.807, 2.05) is 6.92 Å². The van der Waals surface area contributed by atoms with E-state index in [1.165, 1.54) is 0 Å². The van der Waals surface area contributed by atoms with Gasteiger partial charge in [0.15, 0.2) is 0 Å². The molecule has 0 aromatic carbocycles. The number of nitrogens with zero attached hydrogens (tertiary/aromatic N) is 4. The third-order valence-electron chi connectivity index (χ3n) is 2.54. The van der Waals surface area contributed by atoms with E-state index in [1.54, 1.807) is 22.1 Å². The van der Waals surface area contributed by atoms with Crippen molar-refractivity contribution in [2.45, 2.75) is 20.4 Å². The van der Waals surface area contributed by atoms with Gasteiger partial charge in [0.05, 0.1) is 6.61 Å². The van der Waals surface area contributed by atoms with E-state index >= 15 is 0 Å². The largest absolute Gasteiger partial charge is 0.407 e. The summed E-state index contributed by atoms with van der Waals surface area (Å²) in [6.07, 6.45) is 1.78. The number of rotatable bonds is 3. The summed E-state index contributed by atoms with van der Waals surface area (Å²) >= 11 is 0. The Bertz CT molecular complexity index is 555. The third kappa shape index (κ3) is 1.36. The molecule has 0 aliphatic carbocycles. The van der Waals surface area contributed by atoms with Crippen LogP contribution in [0.2, 0.25) is 0 Å². The Balaban J connectivity index is 2.77. The molecule has 0 aliphatic rings. The number of hydrogen-bond acceptors (Lipinski definition) is 4. The minimum atomic E-state index is -0.504. The molecule has 0 amide bonds. The summed E-state index contributed by atoms with van der Waals surface area (Å²) in [4.78, 5) is 14.2. The molecule has 1 N–H and O–H groups in total. The lowest BCUT2D eigenvalue weighted by Crippen LogP contribution is -2.05. The summed E-state index contributed by atoms with van der Waals surface area (Å²) < 4.78 is 3.36. The van der Waals surface area contributed by atoms with Crippen molar-refractivity contribution in [2.24, 2.45) is 0 Å². The van der Waals surface area contributed by atoms with Crippen molar-refractivity contribution < 1.29 is 10.0 Å². The number of aliphatic hydroxyl groups is 1. The molecule has 0 atom stereocenters. The van der Waals surface area contributed by atoms with Crippen LogP contribution in [0, 0.1) is 24.0 Å². The molecule has 0 unspecified atom stereocenters. The molecule has 7 nitrogen and oxygen atoms in total. The number of aliphatic hydroxyl groups excluding tert-OH is 1. The molecule has 2 aromatic rings. The summed E-state index contributed by atoms with van der Waals surface area (Å²) in [5.74, 6) is 0.403. The molecule has 0 saturated carbocycles. The van der Waals surface area contributed by atoms with Gasteiger partial charge in [-0.3, -0.25) is 4.40 Å². The molecular weight excluding hydrogens is 212 g/mol. The Morgan fingerprint density at radius 1 is 1.56 bits per heavy atom. The fraction of sp³-hybridized carbons (Fsp3) is 0.444.